The summed E-state index contributed by atoms with van der Waals surface area (Å²) in [5.74, 6) is -2.81. The van der Waals surface area contributed by atoms with Crippen LogP contribution in [0.3, 0.4) is 0 Å². The molecule has 9 heteroatoms. The Morgan fingerprint density at radius 3 is 1.26 bits per heavy atom. The fraction of sp³-hybridized carbons (Fsp3) is 0.318. The predicted octanol–water partition coefficient (Wildman–Crippen LogP) is 1.88. The number of rotatable bonds is 7. The summed E-state index contributed by atoms with van der Waals surface area (Å²) in [4.78, 5) is 28.8. The highest BCUT2D eigenvalue weighted by molar-refractivity contribution is 5.85. The van der Waals surface area contributed by atoms with Crippen LogP contribution < -0.4 is 0 Å². The molecule has 0 fully saturated rings. The fourth-order valence-electron chi connectivity index (χ4n) is 1.11. The Morgan fingerprint density at radius 1 is 0.742 bits per heavy atom. The van der Waals surface area contributed by atoms with Gasteiger partial charge < -0.3 is 30.6 Å². The molecule has 2 atom stereocenters. The molecule has 1 aromatic rings. The lowest BCUT2D eigenvalue weighted by Crippen LogP contribution is -2.30. The Labute approximate surface area is 181 Å². The number of aliphatic carboxylic acids is 3. The average Bonchev–Trinajstić information content (AvgIpc) is 2.69. The minimum Gasteiger partial charge on any atom is -0.478 e. The van der Waals surface area contributed by atoms with Crippen LogP contribution in [0.1, 0.15) is 26.3 Å². The van der Waals surface area contributed by atoms with Gasteiger partial charge in [0.2, 0.25) is 0 Å². The Kier molecular flexibility index (Phi) is 19.6. The zero-order valence-corrected chi connectivity index (χ0v) is 18.0. The summed E-state index contributed by atoms with van der Waals surface area (Å²) in [6.45, 7) is 13.4. The summed E-state index contributed by atoms with van der Waals surface area (Å²) in [5, 5.41) is 50.7. The normalized spacial score (nSPS) is 10.8. The first-order chi connectivity index (χ1) is 14.2. The molecule has 174 valence electrons. The van der Waals surface area contributed by atoms with Gasteiger partial charge in [-0.2, -0.15) is 0 Å². The molecule has 0 radical (unpaired) electrons. The average molecular weight is 440 g/mol. The van der Waals surface area contributed by atoms with Crippen LogP contribution in [0.5, 0.6) is 0 Å². The second-order valence-electron chi connectivity index (χ2n) is 6.26. The topological polar surface area (TPSA) is 173 Å². The number of aliphatic hydroxyl groups excluding tert-OH is 3. The smallest absolute Gasteiger partial charge is 0.330 e. The summed E-state index contributed by atoms with van der Waals surface area (Å²) in [5.41, 5.74) is 1.47. The van der Waals surface area contributed by atoms with Crippen LogP contribution in [0.2, 0.25) is 0 Å². The fourth-order valence-corrected chi connectivity index (χ4v) is 1.11. The minimum atomic E-state index is -1.06. The highest BCUT2D eigenvalue weighted by atomic mass is 16.4. The molecule has 0 amide bonds. The molecular formula is C22H32O9. The van der Waals surface area contributed by atoms with Crippen LogP contribution in [0, 0.1) is 0 Å². The van der Waals surface area contributed by atoms with Crippen LogP contribution in [0.4, 0.5) is 0 Å². The first-order valence-corrected chi connectivity index (χ1v) is 8.84. The molecular weight excluding hydrogens is 408 g/mol. The minimum absolute atomic E-state index is 0.176. The van der Waals surface area contributed by atoms with Gasteiger partial charge in [0.1, 0.15) is 6.10 Å². The van der Waals surface area contributed by atoms with Gasteiger partial charge in [0.05, 0.1) is 12.7 Å². The van der Waals surface area contributed by atoms with Gasteiger partial charge in [0.15, 0.2) is 0 Å². The molecule has 2 unspecified atom stereocenters. The van der Waals surface area contributed by atoms with E-state index in [2.05, 4.69) is 19.7 Å². The predicted molar refractivity (Wildman–Crippen MR) is 117 cm³/mol. The molecule has 31 heavy (non-hydrogen) atoms. The summed E-state index contributed by atoms with van der Waals surface area (Å²) in [6, 6.07) is 9.36. The largest absolute Gasteiger partial charge is 0.478 e. The molecule has 0 aromatic heterocycles. The first-order valence-electron chi connectivity index (χ1n) is 8.84. The van der Waals surface area contributed by atoms with E-state index in [1.165, 1.54) is 20.8 Å². The summed E-state index contributed by atoms with van der Waals surface area (Å²) >= 11 is 0. The van der Waals surface area contributed by atoms with Crippen LogP contribution in [-0.2, 0) is 20.8 Å². The van der Waals surface area contributed by atoms with E-state index in [-0.39, 0.29) is 16.7 Å². The number of carboxylic acid groups (broad SMARTS) is 3. The van der Waals surface area contributed by atoms with E-state index in [0.29, 0.717) is 6.42 Å². The van der Waals surface area contributed by atoms with Crippen molar-refractivity contribution in [2.75, 3.05) is 6.61 Å². The number of carbonyl (C=O) groups is 3. The van der Waals surface area contributed by atoms with E-state index in [1.54, 1.807) is 0 Å². The van der Waals surface area contributed by atoms with Crippen LogP contribution in [0.15, 0.2) is 66.8 Å². The Hall–Kier alpha value is -3.27. The molecule has 0 aliphatic heterocycles. The van der Waals surface area contributed by atoms with Crippen molar-refractivity contribution in [3.05, 3.63) is 72.4 Å². The summed E-state index contributed by atoms with van der Waals surface area (Å²) < 4.78 is 0. The molecule has 0 aliphatic carbocycles. The van der Waals surface area contributed by atoms with Crippen molar-refractivity contribution in [2.45, 2.75) is 39.4 Å². The van der Waals surface area contributed by atoms with E-state index < -0.39 is 36.7 Å². The van der Waals surface area contributed by atoms with Crippen molar-refractivity contribution >= 4 is 17.9 Å². The van der Waals surface area contributed by atoms with Crippen molar-refractivity contribution in [2.24, 2.45) is 0 Å². The van der Waals surface area contributed by atoms with Crippen molar-refractivity contribution in [1.82, 2.24) is 0 Å². The van der Waals surface area contributed by atoms with Gasteiger partial charge in [-0.15, -0.1) is 0 Å². The van der Waals surface area contributed by atoms with Gasteiger partial charge in [0, 0.05) is 23.1 Å². The van der Waals surface area contributed by atoms with Gasteiger partial charge in [0.25, 0.3) is 0 Å². The van der Waals surface area contributed by atoms with E-state index in [9.17, 15) is 19.5 Å². The Bertz CT molecular complexity index is 631. The van der Waals surface area contributed by atoms with Crippen molar-refractivity contribution in [1.29, 1.82) is 0 Å². The second kappa shape index (κ2) is 18.7. The van der Waals surface area contributed by atoms with Crippen LogP contribution in [-0.4, -0.2) is 67.4 Å². The van der Waals surface area contributed by atoms with Crippen LogP contribution >= 0.6 is 0 Å². The molecule has 0 aliphatic rings. The standard InChI is InChI=1S/C10H14O3.3C4H6O2/c11-7-10(13)9(12)6-8-4-2-1-3-5-8;3*1-3(2)4(5)6/h1-5,9-13H,6-7H2;3*1H2,2H3,(H,5,6). The molecule has 0 saturated carbocycles. The zero-order chi connectivity index (χ0) is 25.1. The summed E-state index contributed by atoms with van der Waals surface area (Å²) in [6.07, 6.45) is -1.59. The molecule has 6 N–H and O–H groups in total. The first kappa shape index (κ1) is 32.4. The van der Waals surface area contributed by atoms with Gasteiger partial charge in [-0.3, -0.25) is 0 Å². The molecule has 0 bridgehead atoms. The van der Waals surface area contributed by atoms with Crippen LogP contribution in [0.25, 0.3) is 0 Å². The van der Waals surface area contributed by atoms with E-state index in [4.69, 9.17) is 25.5 Å². The van der Waals surface area contributed by atoms with Gasteiger partial charge in [-0.25, -0.2) is 14.4 Å². The van der Waals surface area contributed by atoms with Gasteiger partial charge in [-0.1, -0.05) is 50.1 Å². The molecule has 1 aromatic carbocycles. The second-order valence-corrected chi connectivity index (χ2v) is 6.26. The number of benzene rings is 1. The molecule has 0 spiro atoms. The highest BCUT2D eigenvalue weighted by Crippen LogP contribution is 2.05. The lowest BCUT2D eigenvalue weighted by molar-refractivity contribution is -0.133. The lowest BCUT2D eigenvalue weighted by atomic mass is 10.0. The maximum Gasteiger partial charge on any atom is 0.330 e. The maximum absolute atomic E-state index is 9.60. The quantitative estimate of drug-likeness (QED) is 0.346. The van der Waals surface area contributed by atoms with Crippen molar-refractivity contribution in [3.63, 3.8) is 0 Å². The third-order valence-corrected chi connectivity index (χ3v) is 3.01. The Morgan fingerprint density at radius 2 is 1.03 bits per heavy atom. The zero-order valence-electron chi connectivity index (χ0n) is 18.0. The van der Waals surface area contributed by atoms with E-state index in [0.717, 1.165) is 5.56 Å². The lowest BCUT2D eigenvalue weighted by Gasteiger charge is -2.15. The van der Waals surface area contributed by atoms with Gasteiger partial charge >= 0.3 is 17.9 Å². The number of hydrogen-bond donors (Lipinski definition) is 6. The summed E-state index contributed by atoms with van der Waals surface area (Å²) in [7, 11) is 0. The molecule has 0 heterocycles. The molecule has 9 nitrogen and oxygen atoms in total. The Balaban J connectivity index is -0.000000370. The van der Waals surface area contributed by atoms with Gasteiger partial charge in [-0.05, 0) is 26.3 Å². The maximum atomic E-state index is 9.60. The van der Waals surface area contributed by atoms with Crippen molar-refractivity contribution in [3.8, 4) is 0 Å². The number of hydrogen-bond acceptors (Lipinski definition) is 6. The highest BCUT2D eigenvalue weighted by Gasteiger charge is 2.14. The monoisotopic (exact) mass is 440 g/mol. The van der Waals surface area contributed by atoms with E-state index in [1.807, 2.05) is 30.3 Å². The number of aliphatic hydroxyl groups is 3. The SMILES string of the molecule is C=C(C)C(=O)O.C=C(C)C(=O)O.C=C(C)C(=O)O.OCC(O)C(O)Cc1ccccc1. The molecule has 0 saturated heterocycles. The molecule has 1 rings (SSSR count). The third kappa shape index (κ3) is 22.9. The number of carboxylic acids is 3. The van der Waals surface area contributed by atoms with Crippen molar-refractivity contribution < 1.29 is 45.0 Å². The van der Waals surface area contributed by atoms with E-state index >= 15 is 0 Å². The third-order valence-electron chi connectivity index (χ3n) is 3.01.